The Labute approximate surface area is 143 Å². The Morgan fingerprint density at radius 2 is 1.88 bits per heavy atom. The van der Waals surface area contributed by atoms with Crippen molar-refractivity contribution in [1.29, 1.82) is 0 Å². The topological polar surface area (TPSA) is 47.7 Å². The van der Waals surface area contributed by atoms with Crippen molar-refractivity contribution in [3.63, 3.8) is 0 Å². The molecule has 0 amide bonds. The average Bonchev–Trinajstić information content (AvgIpc) is 3.02. The van der Waals surface area contributed by atoms with Crippen LogP contribution in [0.4, 0.5) is 0 Å². The van der Waals surface area contributed by atoms with Crippen molar-refractivity contribution in [2.45, 2.75) is 53.8 Å². The summed E-state index contributed by atoms with van der Waals surface area (Å²) >= 11 is 0. The summed E-state index contributed by atoms with van der Waals surface area (Å²) in [5, 5.41) is 8.21. The molecule has 128 valence electrons. The van der Waals surface area contributed by atoms with Crippen LogP contribution in [0, 0.1) is 20.8 Å². The van der Waals surface area contributed by atoms with Gasteiger partial charge in [-0.15, -0.1) is 0 Å². The molecular weight excluding hydrogens is 298 g/mol. The second-order valence-corrected chi connectivity index (χ2v) is 6.35. The highest BCUT2D eigenvalue weighted by Gasteiger charge is 2.11. The Balaban J connectivity index is 1.62. The summed E-state index contributed by atoms with van der Waals surface area (Å²) in [6.07, 6.45) is 1.11. The van der Waals surface area contributed by atoms with Crippen molar-refractivity contribution in [2.24, 2.45) is 0 Å². The Kier molecular flexibility index (Phi) is 5.00. The van der Waals surface area contributed by atoms with Gasteiger partial charge in [-0.2, -0.15) is 5.10 Å². The average molecular weight is 325 g/mol. The van der Waals surface area contributed by atoms with Crippen LogP contribution < -0.4 is 5.32 Å². The van der Waals surface area contributed by atoms with Gasteiger partial charge in [0.1, 0.15) is 5.82 Å². The van der Waals surface area contributed by atoms with Crippen molar-refractivity contribution in [1.82, 2.24) is 24.6 Å². The lowest BCUT2D eigenvalue weighted by molar-refractivity contribution is 0.578. The molecule has 2 heterocycles. The zero-order valence-electron chi connectivity index (χ0n) is 15.1. The summed E-state index contributed by atoms with van der Waals surface area (Å²) in [7, 11) is 0. The summed E-state index contributed by atoms with van der Waals surface area (Å²) in [5.74, 6) is 1.07. The Morgan fingerprint density at radius 3 is 2.67 bits per heavy atom. The molecule has 0 unspecified atom stereocenters. The first-order valence-electron chi connectivity index (χ1n) is 8.77. The van der Waals surface area contributed by atoms with Crippen LogP contribution in [0.1, 0.15) is 36.1 Å². The molecule has 5 heteroatoms. The third-order valence-corrected chi connectivity index (χ3v) is 4.63. The molecule has 0 aliphatic heterocycles. The lowest BCUT2D eigenvalue weighted by Gasteiger charge is -2.09. The van der Waals surface area contributed by atoms with Gasteiger partial charge in [0.15, 0.2) is 0 Å². The van der Waals surface area contributed by atoms with Crippen LogP contribution in [0.3, 0.4) is 0 Å². The van der Waals surface area contributed by atoms with Crippen molar-refractivity contribution < 1.29 is 0 Å². The minimum Gasteiger partial charge on any atom is -0.327 e. The molecule has 0 fully saturated rings. The van der Waals surface area contributed by atoms with Gasteiger partial charge in [0.05, 0.1) is 16.7 Å². The molecule has 24 heavy (non-hydrogen) atoms. The molecule has 0 spiro atoms. The zero-order chi connectivity index (χ0) is 17.1. The fraction of sp³-hybridized carbons (Fsp3) is 0.474. The highest BCUT2D eigenvalue weighted by Crippen LogP contribution is 2.15. The van der Waals surface area contributed by atoms with Gasteiger partial charge in [-0.05, 0) is 39.3 Å². The van der Waals surface area contributed by atoms with E-state index in [2.05, 4.69) is 70.5 Å². The molecule has 3 aromatic rings. The van der Waals surface area contributed by atoms with Gasteiger partial charge in [-0.25, -0.2) is 4.98 Å². The first kappa shape index (κ1) is 16.7. The van der Waals surface area contributed by atoms with E-state index in [0.29, 0.717) is 0 Å². The van der Waals surface area contributed by atoms with Crippen LogP contribution in [-0.4, -0.2) is 25.9 Å². The van der Waals surface area contributed by atoms with E-state index in [-0.39, 0.29) is 0 Å². The molecule has 0 saturated carbocycles. The fourth-order valence-corrected chi connectivity index (χ4v) is 3.30. The molecule has 1 N–H and O–H groups in total. The smallest absolute Gasteiger partial charge is 0.106 e. The lowest BCUT2D eigenvalue weighted by Crippen LogP contribution is -2.20. The maximum Gasteiger partial charge on any atom is 0.106 e. The SMILES string of the molecule is CCCn1nc(C)c(CNCCn2c(C)nc3ccccc32)c1C. The second-order valence-electron chi connectivity index (χ2n) is 6.35. The summed E-state index contributed by atoms with van der Waals surface area (Å²) in [6, 6.07) is 8.32. The maximum atomic E-state index is 4.65. The summed E-state index contributed by atoms with van der Waals surface area (Å²) in [4.78, 5) is 4.62. The Hall–Kier alpha value is -2.14. The van der Waals surface area contributed by atoms with Gasteiger partial charge in [0.25, 0.3) is 0 Å². The number of aryl methyl sites for hydroxylation is 3. The predicted molar refractivity (Wildman–Crippen MR) is 98.2 cm³/mol. The Morgan fingerprint density at radius 1 is 1.08 bits per heavy atom. The monoisotopic (exact) mass is 325 g/mol. The third-order valence-electron chi connectivity index (χ3n) is 4.63. The molecular formula is C19H27N5. The van der Waals surface area contributed by atoms with Crippen LogP contribution >= 0.6 is 0 Å². The lowest BCUT2D eigenvalue weighted by atomic mass is 10.2. The molecule has 0 radical (unpaired) electrons. The second kappa shape index (κ2) is 7.18. The molecule has 1 aromatic carbocycles. The number of imidazole rings is 1. The summed E-state index contributed by atoms with van der Waals surface area (Å²) in [6.45, 7) is 12.2. The van der Waals surface area contributed by atoms with Crippen LogP contribution in [0.15, 0.2) is 24.3 Å². The summed E-state index contributed by atoms with van der Waals surface area (Å²) in [5.41, 5.74) is 6.03. The van der Waals surface area contributed by atoms with Crippen molar-refractivity contribution in [3.05, 3.63) is 47.0 Å². The molecule has 3 rings (SSSR count). The first-order valence-corrected chi connectivity index (χ1v) is 8.77. The van der Waals surface area contributed by atoms with Crippen LogP contribution in [-0.2, 0) is 19.6 Å². The molecule has 0 aliphatic carbocycles. The van der Waals surface area contributed by atoms with Crippen molar-refractivity contribution in [2.75, 3.05) is 6.54 Å². The van der Waals surface area contributed by atoms with Crippen LogP contribution in [0.2, 0.25) is 0 Å². The van der Waals surface area contributed by atoms with Gasteiger partial charge in [0, 0.05) is 37.4 Å². The number of aromatic nitrogens is 4. The van der Waals surface area contributed by atoms with E-state index in [1.165, 1.54) is 16.8 Å². The third kappa shape index (κ3) is 3.22. The van der Waals surface area contributed by atoms with Gasteiger partial charge < -0.3 is 9.88 Å². The molecule has 0 atom stereocenters. The van der Waals surface area contributed by atoms with Crippen LogP contribution in [0.5, 0.6) is 0 Å². The van der Waals surface area contributed by atoms with Gasteiger partial charge in [0.2, 0.25) is 0 Å². The standard InChI is InChI=1S/C19H27N5/c1-5-11-24-15(3)17(14(2)22-24)13-20-10-12-23-16(4)21-18-8-6-7-9-19(18)23/h6-9,20H,5,10-13H2,1-4H3. The van der Waals surface area contributed by atoms with Crippen molar-refractivity contribution >= 4 is 11.0 Å². The predicted octanol–water partition coefficient (Wildman–Crippen LogP) is 3.36. The quantitative estimate of drug-likeness (QED) is 0.678. The zero-order valence-corrected chi connectivity index (χ0v) is 15.1. The minimum atomic E-state index is 0.868. The number of benzene rings is 1. The number of hydrogen-bond acceptors (Lipinski definition) is 3. The number of nitrogens with one attached hydrogen (secondary N) is 1. The minimum absolute atomic E-state index is 0.868. The largest absolute Gasteiger partial charge is 0.327 e. The highest BCUT2D eigenvalue weighted by molar-refractivity contribution is 5.75. The van der Waals surface area contributed by atoms with E-state index in [9.17, 15) is 0 Å². The van der Waals surface area contributed by atoms with E-state index in [1.807, 2.05) is 6.07 Å². The van der Waals surface area contributed by atoms with E-state index in [4.69, 9.17) is 0 Å². The molecule has 0 saturated heterocycles. The van der Waals surface area contributed by atoms with Crippen molar-refractivity contribution in [3.8, 4) is 0 Å². The first-order chi connectivity index (χ1) is 11.6. The van der Waals surface area contributed by atoms with E-state index in [0.717, 1.165) is 49.6 Å². The van der Waals surface area contributed by atoms with E-state index >= 15 is 0 Å². The molecule has 0 aliphatic rings. The van der Waals surface area contributed by atoms with Gasteiger partial charge in [-0.1, -0.05) is 19.1 Å². The number of fused-ring (bicyclic) bond motifs is 1. The highest BCUT2D eigenvalue weighted by atomic mass is 15.3. The van der Waals surface area contributed by atoms with Gasteiger partial charge in [-0.3, -0.25) is 4.68 Å². The number of para-hydroxylation sites is 2. The number of hydrogen-bond donors (Lipinski definition) is 1. The molecule has 2 aromatic heterocycles. The van der Waals surface area contributed by atoms with Gasteiger partial charge >= 0.3 is 0 Å². The van der Waals surface area contributed by atoms with E-state index in [1.54, 1.807) is 0 Å². The Bertz CT molecular complexity index is 828. The number of rotatable bonds is 7. The van der Waals surface area contributed by atoms with E-state index < -0.39 is 0 Å². The normalized spacial score (nSPS) is 11.5. The fourth-order valence-electron chi connectivity index (χ4n) is 3.30. The van der Waals surface area contributed by atoms with Crippen LogP contribution in [0.25, 0.3) is 11.0 Å². The molecule has 5 nitrogen and oxygen atoms in total. The maximum absolute atomic E-state index is 4.65. The number of nitrogens with zero attached hydrogens (tertiary/aromatic N) is 4. The summed E-state index contributed by atoms with van der Waals surface area (Å²) < 4.78 is 4.41. The molecule has 0 bridgehead atoms.